The predicted octanol–water partition coefficient (Wildman–Crippen LogP) is 3.34. The van der Waals surface area contributed by atoms with Gasteiger partial charge in [-0.25, -0.2) is 4.98 Å². The lowest BCUT2D eigenvalue weighted by Gasteiger charge is -2.09. The molecular weight excluding hydrogens is 262 g/mol. The van der Waals surface area contributed by atoms with Crippen molar-refractivity contribution >= 4 is 11.3 Å². The molecule has 1 N–H and O–H groups in total. The molecule has 0 amide bonds. The Balaban J connectivity index is 1.81. The fraction of sp³-hybridized carbons (Fsp3) is 0.375. The van der Waals surface area contributed by atoms with Crippen molar-refractivity contribution in [1.82, 2.24) is 19.2 Å². The van der Waals surface area contributed by atoms with E-state index in [-0.39, 0.29) is 0 Å². The highest BCUT2D eigenvalue weighted by Gasteiger charge is 2.13. The number of imidazole rings is 1. The highest BCUT2D eigenvalue weighted by molar-refractivity contribution is 5.52. The van der Waals surface area contributed by atoms with Crippen molar-refractivity contribution in [2.75, 3.05) is 5.32 Å². The average molecular weight is 283 g/mol. The first-order valence-electron chi connectivity index (χ1n) is 7.28. The summed E-state index contributed by atoms with van der Waals surface area (Å²) in [7, 11) is 0. The zero-order valence-electron chi connectivity index (χ0n) is 13.0. The van der Waals surface area contributed by atoms with E-state index in [9.17, 15) is 0 Å². The van der Waals surface area contributed by atoms with Gasteiger partial charge in [-0.15, -0.1) is 0 Å². The molecule has 0 aliphatic rings. The Morgan fingerprint density at radius 1 is 1.24 bits per heavy atom. The zero-order valence-corrected chi connectivity index (χ0v) is 13.0. The summed E-state index contributed by atoms with van der Waals surface area (Å²) < 4.78 is 4.09. The minimum Gasteiger partial charge on any atom is -0.376 e. The maximum absolute atomic E-state index is 4.60. The molecule has 3 heterocycles. The Labute approximate surface area is 124 Å². The van der Waals surface area contributed by atoms with Gasteiger partial charge in [0.2, 0.25) is 0 Å². The smallest absolute Gasteiger partial charge is 0.137 e. The molecule has 0 saturated heterocycles. The van der Waals surface area contributed by atoms with E-state index in [2.05, 4.69) is 47.0 Å². The van der Waals surface area contributed by atoms with Crippen LogP contribution in [-0.2, 0) is 6.54 Å². The van der Waals surface area contributed by atoms with Gasteiger partial charge >= 0.3 is 0 Å². The third-order valence-corrected chi connectivity index (χ3v) is 3.67. The summed E-state index contributed by atoms with van der Waals surface area (Å²) in [5.41, 5.74) is 5.31. The molecule has 3 aromatic heterocycles. The van der Waals surface area contributed by atoms with Gasteiger partial charge in [0.15, 0.2) is 0 Å². The minimum absolute atomic E-state index is 0.370. The van der Waals surface area contributed by atoms with Crippen LogP contribution in [0, 0.1) is 13.8 Å². The van der Waals surface area contributed by atoms with Gasteiger partial charge in [0.1, 0.15) is 5.65 Å². The highest BCUT2D eigenvalue weighted by Crippen LogP contribution is 2.23. The second-order valence-corrected chi connectivity index (χ2v) is 5.64. The summed E-state index contributed by atoms with van der Waals surface area (Å²) in [6, 6.07) is 6.39. The molecule has 5 nitrogen and oxygen atoms in total. The van der Waals surface area contributed by atoms with Gasteiger partial charge in [0.05, 0.1) is 29.3 Å². The van der Waals surface area contributed by atoms with Crippen molar-refractivity contribution in [2.45, 2.75) is 40.3 Å². The number of nitrogens with one attached hydrogen (secondary N) is 1. The quantitative estimate of drug-likeness (QED) is 0.799. The number of fused-ring (bicyclic) bond motifs is 1. The van der Waals surface area contributed by atoms with Crippen molar-refractivity contribution in [3.05, 3.63) is 47.7 Å². The molecule has 0 fully saturated rings. The van der Waals surface area contributed by atoms with E-state index in [1.807, 2.05) is 35.7 Å². The summed E-state index contributed by atoms with van der Waals surface area (Å²) >= 11 is 0. The van der Waals surface area contributed by atoms with Crippen LogP contribution in [-0.4, -0.2) is 19.2 Å². The average Bonchev–Trinajstić information content (AvgIpc) is 2.98. The maximum atomic E-state index is 4.60. The highest BCUT2D eigenvalue weighted by atomic mass is 15.3. The second kappa shape index (κ2) is 5.24. The van der Waals surface area contributed by atoms with Gasteiger partial charge in [0, 0.05) is 18.4 Å². The maximum Gasteiger partial charge on any atom is 0.137 e. The first kappa shape index (κ1) is 13.7. The first-order chi connectivity index (χ1) is 10.1. The van der Waals surface area contributed by atoms with Crippen LogP contribution in [0.5, 0.6) is 0 Å². The summed E-state index contributed by atoms with van der Waals surface area (Å²) in [6.45, 7) is 9.13. The fourth-order valence-corrected chi connectivity index (χ4v) is 2.67. The first-order valence-corrected chi connectivity index (χ1v) is 7.28. The van der Waals surface area contributed by atoms with Crippen LogP contribution in [0.2, 0.25) is 0 Å². The lowest BCUT2D eigenvalue weighted by molar-refractivity contribution is 0.516. The SMILES string of the molecule is Cc1nn(C(C)C)c(C)c1NCc1cn2ccccc2n1. The minimum atomic E-state index is 0.370. The standard InChI is InChI=1S/C16H21N5/c1-11(2)21-13(4)16(12(3)19-21)17-9-14-10-20-8-6-5-7-15(20)18-14/h5-8,10-11,17H,9H2,1-4H3. The van der Waals surface area contributed by atoms with E-state index >= 15 is 0 Å². The van der Waals surface area contributed by atoms with Crippen LogP contribution in [0.25, 0.3) is 5.65 Å². The topological polar surface area (TPSA) is 47.2 Å². The number of aryl methyl sites for hydroxylation is 1. The molecule has 5 heteroatoms. The van der Waals surface area contributed by atoms with E-state index < -0.39 is 0 Å². The molecular formula is C16H21N5. The van der Waals surface area contributed by atoms with Crippen molar-refractivity contribution < 1.29 is 0 Å². The van der Waals surface area contributed by atoms with Gasteiger partial charge in [-0.2, -0.15) is 5.10 Å². The van der Waals surface area contributed by atoms with Gasteiger partial charge in [-0.3, -0.25) is 4.68 Å². The van der Waals surface area contributed by atoms with Crippen molar-refractivity contribution in [3.63, 3.8) is 0 Å². The Morgan fingerprint density at radius 2 is 2.05 bits per heavy atom. The molecule has 0 unspecified atom stereocenters. The van der Waals surface area contributed by atoms with E-state index in [0.717, 1.165) is 22.7 Å². The molecule has 3 aromatic rings. The monoisotopic (exact) mass is 283 g/mol. The van der Waals surface area contributed by atoms with Gasteiger partial charge < -0.3 is 9.72 Å². The van der Waals surface area contributed by atoms with Gasteiger partial charge in [-0.1, -0.05) is 6.07 Å². The predicted molar refractivity (Wildman–Crippen MR) is 84.6 cm³/mol. The van der Waals surface area contributed by atoms with E-state index in [1.165, 1.54) is 5.69 Å². The Bertz CT molecular complexity index is 733. The van der Waals surface area contributed by atoms with Crippen molar-refractivity contribution in [3.8, 4) is 0 Å². The summed E-state index contributed by atoms with van der Waals surface area (Å²) in [5, 5.41) is 8.07. The fourth-order valence-electron chi connectivity index (χ4n) is 2.67. The van der Waals surface area contributed by atoms with Crippen LogP contribution >= 0.6 is 0 Å². The molecule has 0 atom stereocenters. The van der Waals surface area contributed by atoms with Crippen LogP contribution in [0.15, 0.2) is 30.6 Å². The summed E-state index contributed by atoms with van der Waals surface area (Å²) in [4.78, 5) is 4.60. The Kier molecular flexibility index (Phi) is 3.41. The Hall–Kier alpha value is -2.30. The number of nitrogens with zero attached hydrogens (tertiary/aromatic N) is 4. The summed E-state index contributed by atoms with van der Waals surface area (Å²) in [5.74, 6) is 0. The van der Waals surface area contributed by atoms with E-state index in [4.69, 9.17) is 0 Å². The number of rotatable bonds is 4. The second-order valence-electron chi connectivity index (χ2n) is 5.64. The largest absolute Gasteiger partial charge is 0.376 e. The molecule has 0 aromatic carbocycles. The normalized spacial score (nSPS) is 11.5. The van der Waals surface area contributed by atoms with E-state index in [0.29, 0.717) is 12.6 Å². The number of aromatic nitrogens is 4. The van der Waals surface area contributed by atoms with Crippen LogP contribution < -0.4 is 5.32 Å². The number of anilines is 1. The Morgan fingerprint density at radius 3 is 2.71 bits per heavy atom. The molecule has 0 bridgehead atoms. The zero-order chi connectivity index (χ0) is 15.0. The number of pyridine rings is 1. The third-order valence-electron chi connectivity index (χ3n) is 3.67. The van der Waals surface area contributed by atoms with Gasteiger partial charge in [0.25, 0.3) is 0 Å². The molecule has 0 saturated carbocycles. The van der Waals surface area contributed by atoms with Crippen molar-refractivity contribution in [2.24, 2.45) is 0 Å². The molecule has 3 rings (SSSR count). The van der Waals surface area contributed by atoms with Crippen LogP contribution in [0.4, 0.5) is 5.69 Å². The molecule has 21 heavy (non-hydrogen) atoms. The van der Waals surface area contributed by atoms with Crippen molar-refractivity contribution in [1.29, 1.82) is 0 Å². The van der Waals surface area contributed by atoms with Crippen LogP contribution in [0.1, 0.15) is 37.0 Å². The lowest BCUT2D eigenvalue weighted by atomic mass is 10.3. The number of hydrogen-bond acceptors (Lipinski definition) is 3. The van der Waals surface area contributed by atoms with Crippen LogP contribution in [0.3, 0.4) is 0 Å². The molecule has 0 aliphatic carbocycles. The van der Waals surface area contributed by atoms with E-state index in [1.54, 1.807) is 0 Å². The molecule has 0 spiro atoms. The molecule has 0 aliphatic heterocycles. The third kappa shape index (κ3) is 2.51. The van der Waals surface area contributed by atoms with Gasteiger partial charge in [-0.05, 0) is 39.8 Å². The lowest BCUT2D eigenvalue weighted by Crippen LogP contribution is -2.06. The summed E-state index contributed by atoms with van der Waals surface area (Å²) in [6.07, 6.45) is 4.07. The molecule has 0 radical (unpaired) electrons. The number of hydrogen-bond donors (Lipinski definition) is 1. The molecule has 110 valence electrons.